The summed E-state index contributed by atoms with van der Waals surface area (Å²) in [5.74, 6) is 1.11. The van der Waals surface area contributed by atoms with E-state index >= 15 is 0 Å². The van der Waals surface area contributed by atoms with Crippen molar-refractivity contribution in [3.63, 3.8) is 0 Å². The van der Waals surface area contributed by atoms with Crippen LogP contribution in [0.5, 0.6) is 0 Å². The van der Waals surface area contributed by atoms with E-state index in [0.29, 0.717) is 0 Å². The molecular formula is C13H18OSi. The van der Waals surface area contributed by atoms with Gasteiger partial charge in [-0.05, 0) is 44.1 Å². The lowest BCUT2D eigenvalue weighted by atomic mass is 9.96. The zero-order valence-corrected chi connectivity index (χ0v) is 10.7. The molecule has 1 aliphatic carbocycles. The third kappa shape index (κ3) is 2.51. The summed E-state index contributed by atoms with van der Waals surface area (Å²) in [6.45, 7) is 6.68. The van der Waals surface area contributed by atoms with Crippen LogP contribution < -0.4 is 0 Å². The van der Waals surface area contributed by atoms with Gasteiger partial charge in [0.15, 0.2) is 0 Å². The fraction of sp³-hybridized carbons (Fsp3) is 0.385. The summed E-state index contributed by atoms with van der Waals surface area (Å²) in [6, 6.07) is 8.57. The molecule has 0 amide bonds. The average molecular weight is 218 g/mol. The van der Waals surface area contributed by atoms with Gasteiger partial charge in [-0.3, -0.25) is 0 Å². The van der Waals surface area contributed by atoms with Crippen LogP contribution in [-0.2, 0) is 10.8 Å². The SMILES string of the molecule is C[Si](C)(C)OC1=CCCc2ccccc21. The second kappa shape index (κ2) is 3.85. The molecule has 1 aromatic carbocycles. The molecule has 0 bridgehead atoms. The predicted molar refractivity (Wildman–Crippen MR) is 67.2 cm³/mol. The maximum absolute atomic E-state index is 6.11. The summed E-state index contributed by atoms with van der Waals surface area (Å²) in [5.41, 5.74) is 2.72. The van der Waals surface area contributed by atoms with E-state index in [9.17, 15) is 0 Å². The van der Waals surface area contributed by atoms with Crippen molar-refractivity contribution in [2.24, 2.45) is 0 Å². The third-order valence-corrected chi connectivity index (χ3v) is 3.27. The van der Waals surface area contributed by atoms with Gasteiger partial charge in [-0.1, -0.05) is 24.3 Å². The van der Waals surface area contributed by atoms with E-state index < -0.39 is 8.32 Å². The molecule has 0 aromatic heterocycles. The van der Waals surface area contributed by atoms with Crippen molar-refractivity contribution >= 4 is 14.1 Å². The Morgan fingerprint density at radius 2 is 1.87 bits per heavy atom. The quantitative estimate of drug-likeness (QED) is 0.686. The van der Waals surface area contributed by atoms with Gasteiger partial charge in [0.2, 0.25) is 8.32 Å². The topological polar surface area (TPSA) is 9.23 Å². The fourth-order valence-electron chi connectivity index (χ4n) is 1.87. The molecule has 0 atom stereocenters. The average Bonchev–Trinajstić information content (AvgIpc) is 2.16. The molecule has 1 aromatic rings. The molecule has 2 rings (SSSR count). The highest BCUT2D eigenvalue weighted by molar-refractivity contribution is 6.70. The second-order valence-corrected chi connectivity index (χ2v) is 9.41. The van der Waals surface area contributed by atoms with Crippen molar-refractivity contribution in [2.75, 3.05) is 0 Å². The van der Waals surface area contributed by atoms with Gasteiger partial charge in [0, 0.05) is 5.56 Å². The minimum absolute atomic E-state index is 1.11. The Kier molecular flexibility index (Phi) is 2.70. The number of fused-ring (bicyclic) bond motifs is 1. The predicted octanol–water partition coefficient (Wildman–Crippen LogP) is 3.83. The molecular weight excluding hydrogens is 200 g/mol. The summed E-state index contributed by atoms with van der Waals surface area (Å²) < 4.78 is 6.11. The van der Waals surface area contributed by atoms with Gasteiger partial charge in [-0.2, -0.15) is 0 Å². The first kappa shape index (κ1) is 10.5. The molecule has 0 unspecified atom stereocenters. The zero-order valence-electron chi connectivity index (χ0n) is 9.71. The Morgan fingerprint density at radius 3 is 2.60 bits per heavy atom. The Labute approximate surface area is 92.9 Å². The molecule has 0 N–H and O–H groups in total. The molecule has 1 nitrogen and oxygen atoms in total. The summed E-state index contributed by atoms with van der Waals surface area (Å²) in [6.07, 6.45) is 4.49. The lowest BCUT2D eigenvalue weighted by Crippen LogP contribution is -2.25. The highest BCUT2D eigenvalue weighted by Gasteiger charge is 2.21. The minimum atomic E-state index is -1.48. The van der Waals surface area contributed by atoms with E-state index in [1.54, 1.807) is 0 Å². The maximum atomic E-state index is 6.11. The van der Waals surface area contributed by atoms with Gasteiger partial charge in [-0.15, -0.1) is 0 Å². The first-order valence-electron chi connectivity index (χ1n) is 5.54. The van der Waals surface area contributed by atoms with E-state index in [-0.39, 0.29) is 0 Å². The largest absolute Gasteiger partial charge is 0.544 e. The van der Waals surface area contributed by atoms with Crippen LogP contribution in [0.4, 0.5) is 0 Å². The van der Waals surface area contributed by atoms with Crippen LogP contribution in [0.2, 0.25) is 19.6 Å². The molecule has 80 valence electrons. The van der Waals surface area contributed by atoms with Crippen LogP contribution in [-0.4, -0.2) is 8.32 Å². The monoisotopic (exact) mass is 218 g/mol. The van der Waals surface area contributed by atoms with Crippen LogP contribution in [0.3, 0.4) is 0 Å². The van der Waals surface area contributed by atoms with E-state index in [4.69, 9.17) is 4.43 Å². The Bertz CT molecular complexity index is 388. The van der Waals surface area contributed by atoms with Gasteiger partial charge < -0.3 is 4.43 Å². The number of hydrogen-bond donors (Lipinski definition) is 0. The molecule has 2 heteroatoms. The molecule has 0 aliphatic heterocycles. The van der Waals surface area contributed by atoms with Crippen LogP contribution in [0, 0.1) is 0 Å². The maximum Gasteiger partial charge on any atom is 0.242 e. The van der Waals surface area contributed by atoms with E-state index in [1.165, 1.54) is 11.1 Å². The zero-order chi connectivity index (χ0) is 10.9. The van der Waals surface area contributed by atoms with Gasteiger partial charge >= 0.3 is 0 Å². The third-order valence-electron chi connectivity index (χ3n) is 2.44. The van der Waals surface area contributed by atoms with Crippen LogP contribution in [0.15, 0.2) is 30.3 Å². The van der Waals surface area contributed by atoms with Gasteiger partial charge in [-0.25, -0.2) is 0 Å². The van der Waals surface area contributed by atoms with E-state index in [1.807, 2.05) is 0 Å². The Balaban J connectivity index is 2.31. The minimum Gasteiger partial charge on any atom is -0.544 e. The van der Waals surface area contributed by atoms with E-state index in [2.05, 4.69) is 50.0 Å². The molecule has 15 heavy (non-hydrogen) atoms. The lowest BCUT2D eigenvalue weighted by Gasteiger charge is -2.25. The molecule has 0 saturated carbocycles. The number of allylic oxidation sites excluding steroid dienone is 1. The Hall–Kier alpha value is -1.02. The summed E-state index contributed by atoms with van der Waals surface area (Å²) >= 11 is 0. The van der Waals surface area contributed by atoms with Gasteiger partial charge in [0.05, 0.1) is 0 Å². The molecule has 0 saturated heterocycles. The fourth-order valence-corrected chi connectivity index (χ4v) is 2.73. The number of aryl methyl sites for hydroxylation is 1. The standard InChI is InChI=1S/C13H18OSi/c1-15(2,3)14-13-10-6-8-11-7-4-5-9-12(11)13/h4-5,7,9-10H,6,8H2,1-3H3. The first-order valence-corrected chi connectivity index (χ1v) is 8.94. The van der Waals surface area contributed by atoms with Crippen molar-refractivity contribution in [3.05, 3.63) is 41.5 Å². The van der Waals surface area contributed by atoms with Crippen molar-refractivity contribution in [1.82, 2.24) is 0 Å². The lowest BCUT2D eigenvalue weighted by molar-refractivity contribution is 0.508. The van der Waals surface area contributed by atoms with Crippen molar-refractivity contribution in [2.45, 2.75) is 32.5 Å². The smallest absolute Gasteiger partial charge is 0.242 e. The first-order chi connectivity index (χ1) is 7.06. The van der Waals surface area contributed by atoms with Crippen molar-refractivity contribution in [1.29, 1.82) is 0 Å². The van der Waals surface area contributed by atoms with Crippen molar-refractivity contribution < 1.29 is 4.43 Å². The summed E-state index contributed by atoms with van der Waals surface area (Å²) in [4.78, 5) is 0. The van der Waals surface area contributed by atoms with Crippen LogP contribution >= 0.6 is 0 Å². The number of benzene rings is 1. The molecule has 0 fully saturated rings. The molecule has 0 heterocycles. The van der Waals surface area contributed by atoms with Crippen LogP contribution in [0.1, 0.15) is 17.5 Å². The Morgan fingerprint density at radius 1 is 1.13 bits per heavy atom. The summed E-state index contributed by atoms with van der Waals surface area (Å²) in [5, 5.41) is 0. The molecule has 0 spiro atoms. The van der Waals surface area contributed by atoms with Crippen LogP contribution in [0.25, 0.3) is 5.76 Å². The molecule has 0 radical (unpaired) electrons. The normalized spacial score (nSPS) is 15.5. The second-order valence-electron chi connectivity index (χ2n) is 4.98. The van der Waals surface area contributed by atoms with Gasteiger partial charge in [0.25, 0.3) is 0 Å². The number of rotatable bonds is 2. The van der Waals surface area contributed by atoms with Gasteiger partial charge in [0.1, 0.15) is 5.76 Å². The highest BCUT2D eigenvalue weighted by atomic mass is 28.4. The number of hydrogen-bond acceptors (Lipinski definition) is 1. The van der Waals surface area contributed by atoms with Crippen molar-refractivity contribution in [3.8, 4) is 0 Å². The van der Waals surface area contributed by atoms with E-state index in [0.717, 1.165) is 18.6 Å². The summed E-state index contributed by atoms with van der Waals surface area (Å²) in [7, 11) is -1.48. The molecule has 1 aliphatic rings. The highest BCUT2D eigenvalue weighted by Crippen LogP contribution is 2.29.